The SMILES string of the molecule is O[C@@H]1c2ccc(Oc3ccccc3)cc2CC[C@H]1CCN1CCC(c2ccccc2)CC1. The first-order valence-electron chi connectivity index (χ1n) is 12.1. The van der Waals surface area contributed by atoms with Gasteiger partial charge in [-0.05, 0) is 105 Å². The molecule has 0 spiro atoms. The molecule has 0 amide bonds. The van der Waals surface area contributed by atoms with Crippen LogP contribution in [0.15, 0.2) is 78.9 Å². The molecule has 2 aliphatic rings. The van der Waals surface area contributed by atoms with Crippen LogP contribution in [0.1, 0.15) is 54.4 Å². The van der Waals surface area contributed by atoms with Gasteiger partial charge in [-0.1, -0.05) is 54.6 Å². The Morgan fingerprint density at radius 3 is 2.28 bits per heavy atom. The van der Waals surface area contributed by atoms with Crippen molar-refractivity contribution in [2.24, 2.45) is 5.92 Å². The van der Waals surface area contributed by atoms with Crippen LogP contribution in [0.25, 0.3) is 0 Å². The molecule has 1 fully saturated rings. The number of hydrogen-bond donors (Lipinski definition) is 1. The number of rotatable bonds is 6. The summed E-state index contributed by atoms with van der Waals surface area (Å²) in [6, 6.07) is 27.0. The molecule has 2 atom stereocenters. The second-order valence-corrected chi connectivity index (χ2v) is 9.33. The highest BCUT2D eigenvalue weighted by atomic mass is 16.5. The predicted molar refractivity (Wildman–Crippen MR) is 129 cm³/mol. The number of hydrogen-bond acceptors (Lipinski definition) is 3. The summed E-state index contributed by atoms with van der Waals surface area (Å²) in [7, 11) is 0. The lowest BCUT2D eigenvalue weighted by molar-refractivity contribution is 0.0771. The molecule has 0 unspecified atom stereocenters. The summed E-state index contributed by atoms with van der Waals surface area (Å²) < 4.78 is 5.99. The first-order valence-corrected chi connectivity index (χ1v) is 12.1. The highest BCUT2D eigenvalue weighted by molar-refractivity contribution is 5.41. The van der Waals surface area contributed by atoms with Crippen molar-refractivity contribution in [2.75, 3.05) is 19.6 Å². The second kappa shape index (κ2) is 9.89. The first kappa shape index (κ1) is 21.2. The average Bonchev–Trinajstić information content (AvgIpc) is 2.85. The zero-order valence-corrected chi connectivity index (χ0v) is 18.7. The lowest BCUT2D eigenvalue weighted by Crippen LogP contribution is -2.35. The van der Waals surface area contributed by atoms with E-state index in [2.05, 4.69) is 47.4 Å². The number of para-hydroxylation sites is 1. The van der Waals surface area contributed by atoms with Gasteiger partial charge in [0.25, 0.3) is 0 Å². The first-order chi connectivity index (χ1) is 15.8. The Morgan fingerprint density at radius 1 is 0.812 bits per heavy atom. The average molecular weight is 428 g/mol. The van der Waals surface area contributed by atoms with Gasteiger partial charge in [0.05, 0.1) is 6.10 Å². The number of benzene rings is 3. The van der Waals surface area contributed by atoms with Crippen LogP contribution in [-0.4, -0.2) is 29.6 Å². The van der Waals surface area contributed by atoms with Crippen molar-refractivity contribution in [1.29, 1.82) is 0 Å². The number of ether oxygens (including phenoxy) is 1. The Hall–Kier alpha value is -2.62. The maximum absolute atomic E-state index is 11.1. The Morgan fingerprint density at radius 2 is 1.53 bits per heavy atom. The second-order valence-electron chi connectivity index (χ2n) is 9.33. The van der Waals surface area contributed by atoms with E-state index in [0.717, 1.165) is 42.9 Å². The minimum Gasteiger partial charge on any atom is -0.457 e. The Kier molecular flexibility index (Phi) is 6.56. The largest absolute Gasteiger partial charge is 0.457 e. The maximum atomic E-state index is 11.1. The van der Waals surface area contributed by atoms with Gasteiger partial charge in [-0.2, -0.15) is 0 Å². The lowest BCUT2D eigenvalue weighted by Gasteiger charge is -2.35. The van der Waals surface area contributed by atoms with Gasteiger partial charge in [-0.15, -0.1) is 0 Å². The lowest BCUT2D eigenvalue weighted by atomic mass is 9.79. The van der Waals surface area contributed by atoms with Gasteiger partial charge in [0, 0.05) is 0 Å². The Balaban J connectivity index is 1.14. The molecule has 3 aromatic rings. The van der Waals surface area contributed by atoms with Crippen molar-refractivity contribution in [3.8, 4) is 11.5 Å². The molecule has 166 valence electrons. The van der Waals surface area contributed by atoms with Crippen LogP contribution in [-0.2, 0) is 6.42 Å². The van der Waals surface area contributed by atoms with Gasteiger partial charge in [0.15, 0.2) is 0 Å². The number of likely N-dealkylation sites (tertiary alicyclic amines) is 1. The summed E-state index contributed by atoms with van der Waals surface area (Å²) >= 11 is 0. The molecule has 0 radical (unpaired) electrons. The number of aryl methyl sites for hydroxylation is 1. The monoisotopic (exact) mass is 427 g/mol. The van der Waals surface area contributed by atoms with Crippen molar-refractivity contribution < 1.29 is 9.84 Å². The van der Waals surface area contributed by atoms with Gasteiger partial charge in [-0.25, -0.2) is 0 Å². The van der Waals surface area contributed by atoms with E-state index in [1.165, 1.54) is 37.1 Å². The van der Waals surface area contributed by atoms with Crippen molar-refractivity contribution in [3.05, 3.63) is 95.6 Å². The summed E-state index contributed by atoms with van der Waals surface area (Å²) in [5.74, 6) is 2.74. The number of piperidine rings is 1. The molecule has 0 saturated carbocycles. The summed E-state index contributed by atoms with van der Waals surface area (Å²) in [5.41, 5.74) is 3.80. The van der Waals surface area contributed by atoms with E-state index in [0.29, 0.717) is 11.8 Å². The quantitative estimate of drug-likeness (QED) is 0.498. The van der Waals surface area contributed by atoms with E-state index in [1.54, 1.807) is 0 Å². The minimum absolute atomic E-state index is 0.343. The van der Waals surface area contributed by atoms with Gasteiger partial charge in [0.2, 0.25) is 0 Å². The Labute approximate surface area is 191 Å². The molecule has 1 N–H and O–H groups in total. The predicted octanol–water partition coefficient (Wildman–Crippen LogP) is 6.34. The normalized spacial score (nSPS) is 21.8. The Bertz CT molecular complexity index is 996. The van der Waals surface area contributed by atoms with E-state index < -0.39 is 0 Å². The molecule has 0 aromatic heterocycles. The van der Waals surface area contributed by atoms with Crippen LogP contribution in [0.2, 0.25) is 0 Å². The molecule has 3 aromatic carbocycles. The molecule has 5 rings (SSSR count). The van der Waals surface area contributed by atoms with Gasteiger partial charge in [-0.3, -0.25) is 0 Å². The van der Waals surface area contributed by atoms with Gasteiger partial charge < -0.3 is 14.7 Å². The van der Waals surface area contributed by atoms with E-state index >= 15 is 0 Å². The zero-order valence-electron chi connectivity index (χ0n) is 18.7. The summed E-state index contributed by atoms with van der Waals surface area (Å²) in [4.78, 5) is 2.60. The summed E-state index contributed by atoms with van der Waals surface area (Å²) in [6.45, 7) is 3.42. The third kappa shape index (κ3) is 4.90. The zero-order chi connectivity index (χ0) is 21.8. The van der Waals surface area contributed by atoms with E-state index in [4.69, 9.17) is 4.74 Å². The van der Waals surface area contributed by atoms with Crippen LogP contribution in [0.5, 0.6) is 11.5 Å². The van der Waals surface area contributed by atoms with Crippen LogP contribution >= 0.6 is 0 Å². The fourth-order valence-electron chi connectivity index (χ4n) is 5.39. The summed E-state index contributed by atoms with van der Waals surface area (Å²) in [6.07, 6.45) is 5.24. The molecule has 1 heterocycles. The maximum Gasteiger partial charge on any atom is 0.127 e. The molecule has 0 bridgehead atoms. The fourth-order valence-corrected chi connectivity index (χ4v) is 5.39. The molecule has 3 nitrogen and oxygen atoms in total. The minimum atomic E-state index is -0.369. The highest BCUT2D eigenvalue weighted by Gasteiger charge is 2.29. The van der Waals surface area contributed by atoms with Crippen LogP contribution < -0.4 is 4.74 Å². The number of aliphatic hydroxyl groups excluding tert-OH is 1. The molecule has 1 aliphatic carbocycles. The molecule has 1 aliphatic heterocycles. The molecular formula is C29H33NO2. The van der Waals surface area contributed by atoms with E-state index in [9.17, 15) is 5.11 Å². The highest BCUT2D eigenvalue weighted by Crippen LogP contribution is 2.39. The molecule has 3 heteroatoms. The number of nitrogens with zero attached hydrogens (tertiary/aromatic N) is 1. The van der Waals surface area contributed by atoms with Crippen LogP contribution in [0.4, 0.5) is 0 Å². The fraction of sp³-hybridized carbons (Fsp3) is 0.379. The molecule has 1 saturated heterocycles. The van der Waals surface area contributed by atoms with Crippen molar-refractivity contribution >= 4 is 0 Å². The topological polar surface area (TPSA) is 32.7 Å². The van der Waals surface area contributed by atoms with Crippen molar-refractivity contribution in [2.45, 2.75) is 44.1 Å². The van der Waals surface area contributed by atoms with Gasteiger partial charge in [0.1, 0.15) is 11.5 Å². The summed E-state index contributed by atoms with van der Waals surface area (Å²) in [5, 5.41) is 11.1. The third-order valence-corrected chi connectivity index (χ3v) is 7.32. The van der Waals surface area contributed by atoms with Crippen LogP contribution in [0.3, 0.4) is 0 Å². The van der Waals surface area contributed by atoms with Crippen molar-refractivity contribution in [1.82, 2.24) is 4.90 Å². The molecular weight excluding hydrogens is 394 g/mol. The standard InChI is InChI=1S/C29H33NO2/c31-29-24(17-20-30-18-15-23(16-19-30)22-7-3-1-4-8-22)11-12-25-21-27(13-14-28(25)29)32-26-9-5-2-6-10-26/h1-10,13-14,21,23-24,29,31H,11-12,15-20H2/t24-,29-/m0/s1. The smallest absolute Gasteiger partial charge is 0.127 e. The third-order valence-electron chi connectivity index (χ3n) is 7.32. The van der Waals surface area contributed by atoms with Gasteiger partial charge >= 0.3 is 0 Å². The molecule has 32 heavy (non-hydrogen) atoms. The van der Waals surface area contributed by atoms with E-state index in [-0.39, 0.29) is 6.10 Å². The van der Waals surface area contributed by atoms with Crippen molar-refractivity contribution in [3.63, 3.8) is 0 Å². The number of aliphatic hydroxyl groups is 1. The van der Waals surface area contributed by atoms with Crippen LogP contribution in [0, 0.1) is 5.92 Å². The van der Waals surface area contributed by atoms with E-state index in [1.807, 2.05) is 36.4 Å². The number of fused-ring (bicyclic) bond motifs is 1.